The van der Waals surface area contributed by atoms with Crippen molar-refractivity contribution in [3.8, 4) is 5.75 Å². The molecule has 0 radical (unpaired) electrons. The zero-order chi connectivity index (χ0) is 14.1. The number of quaternary nitrogens is 2. The van der Waals surface area contributed by atoms with E-state index >= 15 is 0 Å². The quantitative estimate of drug-likeness (QED) is 0.610. The lowest BCUT2D eigenvalue weighted by atomic mass is 10.1. The Morgan fingerprint density at radius 3 is 2.32 bits per heavy atom. The molecular formula is C15H28N2O2+2. The first-order valence-electron chi connectivity index (χ1n) is 7.04. The fourth-order valence-corrected chi connectivity index (χ4v) is 2.15. The topological polar surface area (TPSA) is 62.7 Å². The van der Waals surface area contributed by atoms with Crippen LogP contribution in [0.3, 0.4) is 0 Å². The Morgan fingerprint density at radius 1 is 1.00 bits per heavy atom. The lowest BCUT2D eigenvalue weighted by Gasteiger charge is -2.13. The minimum absolute atomic E-state index is 0.611. The zero-order valence-electron chi connectivity index (χ0n) is 12.5. The number of hydrogen-bond acceptors (Lipinski definition) is 2. The lowest BCUT2D eigenvalue weighted by molar-refractivity contribution is -0.671. The second-order valence-corrected chi connectivity index (χ2v) is 4.91. The summed E-state index contributed by atoms with van der Waals surface area (Å²) in [6.07, 6.45) is 0. The summed E-state index contributed by atoms with van der Waals surface area (Å²) in [6.45, 7) is 11.3. The van der Waals surface area contributed by atoms with Gasteiger partial charge in [-0.3, -0.25) is 0 Å². The van der Waals surface area contributed by atoms with Gasteiger partial charge in [-0.2, -0.15) is 0 Å². The SMILES string of the molecule is Cc1cc(C)c(OCCOCC[NH2+]CC[NH3+])c(C)c1. The normalized spacial score (nSPS) is 10.7. The van der Waals surface area contributed by atoms with Gasteiger partial charge in [0, 0.05) is 0 Å². The van der Waals surface area contributed by atoms with Crippen molar-refractivity contribution < 1.29 is 20.5 Å². The maximum absolute atomic E-state index is 5.81. The molecule has 4 nitrogen and oxygen atoms in total. The molecule has 0 fully saturated rings. The van der Waals surface area contributed by atoms with E-state index in [9.17, 15) is 0 Å². The van der Waals surface area contributed by atoms with Crippen LogP contribution in [0.4, 0.5) is 0 Å². The van der Waals surface area contributed by atoms with Crippen molar-refractivity contribution in [2.24, 2.45) is 0 Å². The van der Waals surface area contributed by atoms with Crippen LogP contribution < -0.4 is 15.8 Å². The molecule has 0 heterocycles. The van der Waals surface area contributed by atoms with Crippen LogP contribution in [0.25, 0.3) is 0 Å². The number of aryl methyl sites for hydroxylation is 3. The van der Waals surface area contributed by atoms with E-state index in [0.29, 0.717) is 13.2 Å². The van der Waals surface area contributed by atoms with E-state index in [2.05, 4.69) is 44.0 Å². The summed E-state index contributed by atoms with van der Waals surface area (Å²) in [5, 5.41) is 2.22. The number of benzene rings is 1. The van der Waals surface area contributed by atoms with Gasteiger partial charge < -0.3 is 20.5 Å². The fraction of sp³-hybridized carbons (Fsp3) is 0.600. The van der Waals surface area contributed by atoms with E-state index in [1.165, 1.54) is 16.7 Å². The molecule has 0 aliphatic carbocycles. The Kier molecular flexibility index (Phi) is 7.48. The second kappa shape index (κ2) is 8.91. The second-order valence-electron chi connectivity index (χ2n) is 4.91. The van der Waals surface area contributed by atoms with Gasteiger partial charge >= 0.3 is 0 Å². The van der Waals surface area contributed by atoms with E-state index in [-0.39, 0.29) is 0 Å². The van der Waals surface area contributed by atoms with E-state index in [1.54, 1.807) is 0 Å². The number of ether oxygens (including phenoxy) is 2. The van der Waals surface area contributed by atoms with Crippen LogP contribution in [0.2, 0.25) is 0 Å². The van der Waals surface area contributed by atoms with Crippen molar-refractivity contribution >= 4 is 0 Å². The molecule has 19 heavy (non-hydrogen) atoms. The van der Waals surface area contributed by atoms with Crippen molar-refractivity contribution in [2.75, 3.05) is 39.5 Å². The molecule has 0 saturated carbocycles. The first kappa shape index (κ1) is 16.0. The van der Waals surface area contributed by atoms with Crippen LogP contribution in [-0.2, 0) is 4.74 Å². The van der Waals surface area contributed by atoms with Crippen LogP contribution in [0.15, 0.2) is 12.1 Å². The molecule has 0 spiro atoms. The largest absolute Gasteiger partial charge is 0.491 e. The Hall–Kier alpha value is -1.10. The van der Waals surface area contributed by atoms with Gasteiger partial charge in [-0.25, -0.2) is 0 Å². The highest BCUT2D eigenvalue weighted by atomic mass is 16.5. The highest BCUT2D eigenvalue weighted by molar-refractivity contribution is 5.42. The molecule has 4 heteroatoms. The summed E-state index contributed by atoms with van der Waals surface area (Å²) >= 11 is 0. The minimum Gasteiger partial charge on any atom is -0.491 e. The van der Waals surface area contributed by atoms with Gasteiger partial charge in [-0.15, -0.1) is 0 Å². The molecule has 0 aliphatic heterocycles. The van der Waals surface area contributed by atoms with Gasteiger partial charge in [-0.05, 0) is 31.9 Å². The highest BCUT2D eigenvalue weighted by Gasteiger charge is 2.04. The van der Waals surface area contributed by atoms with Crippen LogP contribution in [-0.4, -0.2) is 39.5 Å². The van der Waals surface area contributed by atoms with E-state index in [4.69, 9.17) is 9.47 Å². The van der Waals surface area contributed by atoms with Gasteiger partial charge in [0.1, 0.15) is 25.4 Å². The summed E-state index contributed by atoms with van der Waals surface area (Å²) in [5.74, 6) is 0.998. The smallest absolute Gasteiger partial charge is 0.125 e. The van der Waals surface area contributed by atoms with Gasteiger partial charge in [-0.1, -0.05) is 17.7 Å². The van der Waals surface area contributed by atoms with Crippen LogP contribution >= 0.6 is 0 Å². The molecule has 0 aromatic heterocycles. The molecule has 5 N–H and O–H groups in total. The van der Waals surface area contributed by atoms with Crippen LogP contribution in [0, 0.1) is 20.8 Å². The Morgan fingerprint density at radius 2 is 1.68 bits per heavy atom. The molecule has 1 aromatic carbocycles. The maximum atomic E-state index is 5.81. The summed E-state index contributed by atoms with van der Waals surface area (Å²) in [4.78, 5) is 0. The molecule has 1 rings (SSSR count). The molecule has 1 aromatic rings. The molecule has 0 atom stereocenters. The average Bonchev–Trinajstić information content (AvgIpc) is 2.35. The average molecular weight is 268 g/mol. The van der Waals surface area contributed by atoms with Crippen molar-refractivity contribution in [1.82, 2.24) is 0 Å². The van der Waals surface area contributed by atoms with Gasteiger partial charge in [0.05, 0.1) is 19.8 Å². The molecule has 0 amide bonds. The molecule has 0 saturated heterocycles. The maximum Gasteiger partial charge on any atom is 0.125 e. The fourth-order valence-electron chi connectivity index (χ4n) is 2.15. The molecular weight excluding hydrogens is 240 g/mol. The third-order valence-electron chi connectivity index (χ3n) is 2.95. The van der Waals surface area contributed by atoms with Gasteiger partial charge in [0.25, 0.3) is 0 Å². The monoisotopic (exact) mass is 268 g/mol. The predicted octanol–water partition coefficient (Wildman–Crippen LogP) is -0.187. The summed E-state index contributed by atoms with van der Waals surface area (Å²) in [6, 6.07) is 4.30. The van der Waals surface area contributed by atoms with E-state index in [0.717, 1.165) is 32.0 Å². The van der Waals surface area contributed by atoms with Crippen LogP contribution in [0.5, 0.6) is 5.75 Å². The summed E-state index contributed by atoms with van der Waals surface area (Å²) in [7, 11) is 0. The van der Waals surface area contributed by atoms with E-state index < -0.39 is 0 Å². The lowest BCUT2D eigenvalue weighted by Crippen LogP contribution is -2.88. The highest BCUT2D eigenvalue weighted by Crippen LogP contribution is 2.24. The third-order valence-corrected chi connectivity index (χ3v) is 2.95. The van der Waals surface area contributed by atoms with Crippen molar-refractivity contribution in [3.63, 3.8) is 0 Å². The minimum atomic E-state index is 0.611. The number of nitrogens with two attached hydrogens (primary N) is 1. The molecule has 0 bridgehead atoms. The van der Waals surface area contributed by atoms with Crippen molar-refractivity contribution in [2.45, 2.75) is 20.8 Å². The van der Waals surface area contributed by atoms with Crippen LogP contribution in [0.1, 0.15) is 16.7 Å². The number of hydrogen-bond donors (Lipinski definition) is 2. The van der Waals surface area contributed by atoms with Gasteiger partial charge in [0.2, 0.25) is 0 Å². The summed E-state index contributed by atoms with van der Waals surface area (Å²) < 4.78 is 11.3. The zero-order valence-corrected chi connectivity index (χ0v) is 12.5. The predicted molar refractivity (Wildman–Crippen MR) is 76.4 cm³/mol. The Bertz CT molecular complexity index is 357. The number of rotatable bonds is 9. The van der Waals surface area contributed by atoms with Crippen molar-refractivity contribution in [1.29, 1.82) is 0 Å². The molecule has 108 valence electrons. The standard InChI is InChI=1S/C15H26N2O2/c1-12-10-13(2)15(14(3)11-12)19-9-8-18-7-6-17-5-4-16/h10-11,17H,4-9,16H2,1-3H3/p+2. The Balaban J connectivity index is 2.19. The van der Waals surface area contributed by atoms with Gasteiger partial charge in [0.15, 0.2) is 0 Å². The molecule has 0 aliphatic rings. The summed E-state index contributed by atoms with van der Waals surface area (Å²) in [5.41, 5.74) is 7.47. The van der Waals surface area contributed by atoms with Crippen molar-refractivity contribution in [3.05, 3.63) is 28.8 Å². The first-order chi connectivity index (χ1) is 9.15. The Labute approximate surface area is 116 Å². The third kappa shape index (κ3) is 6.05. The first-order valence-corrected chi connectivity index (χ1v) is 7.04. The molecule has 0 unspecified atom stereocenters. The van der Waals surface area contributed by atoms with E-state index in [1.807, 2.05) is 0 Å².